The van der Waals surface area contributed by atoms with Gasteiger partial charge in [-0.3, -0.25) is 5.41 Å². The normalized spacial score (nSPS) is 20.0. The van der Waals surface area contributed by atoms with Gasteiger partial charge in [0.15, 0.2) is 0 Å². The monoisotopic (exact) mass is 450 g/mol. The van der Waals surface area contributed by atoms with Gasteiger partial charge in [-0.25, -0.2) is 0 Å². The third-order valence-electron chi connectivity index (χ3n) is 6.78. The van der Waals surface area contributed by atoms with E-state index in [9.17, 15) is 0 Å². The molecule has 0 fully saturated rings. The summed E-state index contributed by atoms with van der Waals surface area (Å²) < 4.78 is 0. The molecule has 0 radical (unpaired) electrons. The SMILES string of the molecule is C=C=C(CCC(=N)C1=CCC(Cl)=CC1)C(=N)C(=CC(C)C(C)(C)C)CC1CC=CC=C1C. The van der Waals surface area contributed by atoms with Crippen LogP contribution in [0.1, 0.15) is 73.1 Å². The zero-order valence-corrected chi connectivity index (χ0v) is 21.2. The zero-order valence-electron chi connectivity index (χ0n) is 20.4. The first-order valence-electron chi connectivity index (χ1n) is 11.7. The Labute approximate surface area is 200 Å². The molecule has 0 aromatic rings. The number of nitrogens with one attached hydrogen (secondary N) is 2. The van der Waals surface area contributed by atoms with Crippen LogP contribution in [0.15, 0.2) is 76.1 Å². The lowest BCUT2D eigenvalue weighted by Gasteiger charge is -2.27. The minimum atomic E-state index is 0.130. The van der Waals surface area contributed by atoms with Gasteiger partial charge in [0.1, 0.15) is 0 Å². The van der Waals surface area contributed by atoms with E-state index in [0.717, 1.165) is 41.0 Å². The smallest absolute Gasteiger partial charge is 0.0677 e. The lowest BCUT2D eigenvalue weighted by Crippen LogP contribution is -2.19. The fraction of sp³-hybridized carbons (Fsp3) is 0.483. The molecule has 32 heavy (non-hydrogen) atoms. The third-order valence-corrected chi connectivity index (χ3v) is 7.09. The van der Waals surface area contributed by atoms with Gasteiger partial charge < -0.3 is 5.41 Å². The van der Waals surface area contributed by atoms with Crippen molar-refractivity contribution in [3.8, 4) is 0 Å². The van der Waals surface area contributed by atoms with Crippen molar-refractivity contribution >= 4 is 23.0 Å². The fourth-order valence-electron chi connectivity index (χ4n) is 3.86. The Bertz CT molecular complexity index is 940. The molecule has 0 aliphatic heterocycles. The Morgan fingerprint density at radius 3 is 2.53 bits per heavy atom. The molecule has 0 spiro atoms. The van der Waals surface area contributed by atoms with Gasteiger partial charge in [-0.2, -0.15) is 0 Å². The maximum Gasteiger partial charge on any atom is 0.0677 e. The maximum atomic E-state index is 9.04. The lowest BCUT2D eigenvalue weighted by atomic mass is 9.78. The van der Waals surface area contributed by atoms with Gasteiger partial charge in [-0.05, 0) is 67.4 Å². The molecule has 2 aliphatic carbocycles. The summed E-state index contributed by atoms with van der Waals surface area (Å²) >= 11 is 6.06. The van der Waals surface area contributed by atoms with Crippen molar-refractivity contribution in [3.05, 3.63) is 76.1 Å². The second-order valence-corrected chi connectivity index (χ2v) is 10.6. The Morgan fingerprint density at radius 2 is 1.97 bits per heavy atom. The van der Waals surface area contributed by atoms with Gasteiger partial charge in [-0.15, -0.1) is 5.73 Å². The molecule has 2 aliphatic rings. The quantitative estimate of drug-likeness (QED) is 0.260. The van der Waals surface area contributed by atoms with Crippen LogP contribution in [0.3, 0.4) is 0 Å². The van der Waals surface area contributed by atoms with Gasteiger partial charge in [0.05, 0.1) is 5.71 Å². The molecular formula is C29H39ClN2. The lowest BCUT2D eigenvalue weighted by molar-refractivity contribution is 0.313. The summed E-state index contributed by atoms with van der Waals surface area (Å²) in [4.78, 5) is 0. The molecule has 0 saturated carbocycles. The predicted octanol–water partition coefficient (Wildman–Crippen LogP) is 8.88. The number of hydrogen-bond acceptors (Lipinski definition) is 2. The van der Waals surface area contributed by atoms with E-state index in [1.807, 2.05) is 6.08 Å². The van der Waals surface area contributed by atoms with E-state index >= 15 is 0 Å². The number of halogens is 1. The van der Waals surface area contributed by atoms with Crippen molar-refractivity contribution in [1.29, 1.82) is 10.8 Å². The van der Waals surface area contributed by atoms with Crippen LogP contribution in [0.4, 0.5) is 0 Å². The molecule has 0 aromatic heterocycles. The molecule has 0 heterocycles. The van der Waals surface area contributed by atoms with Gasteiger partial charge in [0.2, 0.25) is 0 Å². The maximum absolute atomic E-state index is 9.04. The molecule has 172 valence electrons. The van der Waals surface area contributed by atoms with Crippen molar-refractivity contribution in [2.75, 3.05) is 0 Å². The van der Waals surface area contributed by atoms with Gasteiger partial charge in [-0.1, -0.05) is 87.9 Å². The van der Waals surface area contributed by atoms with Gasteiger partial charge in [0.25, 0.3) is 0 Å². The summed E-state index contributed by atoms with van der Waals surface area (Å²) in [5.74, 6) is 0.765. The number of hydrogen-bond donors (Lipinski definition) is 2. The predicted molar refractivity (Wildman–Crippen MR) is 141 cm³/mol. The van der Waals surface area contributed by atoms with Gasteiger partial charge >= 0.3 is 0 Å². The van der Waals surface area contributed by atoms with Crippen molar-refractivity contribution in [1.82, 2.24) is 0 Å². The van der Waals surface area contributed by atoms with Crippen LogP contribution >= 0.6 is 11.6 Å². The molecule has 2 atom stereocenters. The van der Waals surface area contributed by atoms with E-state index in [0.29, 0.717) is 42.5 Å². The third kappa shape index (κ3) is 7.47. The van der Waals surface area contributed by atoms with Crippen LogP contribution < -0.4 is 0 Å². The largest absolute Gasteiger partial charge is 0.305 e. The highest BCUT2D eigenvalue weighted by Gasteiger charge is 2.23. The summed E-state index contributed by atoms with van der Waals surface area (Å²) in [5.41, 5.74) is 8.61. The first-order chi connectivity index (χ1) is 15.0. The summed E-state index contributed by atoms with van der Waals surface area (Å²) in [6.07, 6.45) is 17.3. The van der Waals surface area contributed by atoms with Crippen LogP contribution in [0.2, 0.25) is 0 Å². The van der Waals surface area contributed by atoms with E-state index in [4.69, 9.17) is 22.4 Å². The molecule has 0 aromatic carbocycles. The number of rotatable bonds is 9. The average molecular weight is 451 g/mol. The second kappa shape index (κ2) is 11.6. The molecule has 2 unspecified atom stereocenters. The molecular weight excluding hydrogens is 412 g/mol. The molecule has 0 saturated heterocycles. The topological polar surface area (TPSA) is 47.7 Å². The standard InChI is InChI=1S/C29H39ClN2/c1-7-22(14-17-27(31)23-12-15-26(30)16-13-23)28(32)25(18-21(3)29(4,5)6)19-24-11-9-8-10-20(24)2/h8-10,12,16,18,21,24,31-32H,1,11,13-15,17,19H2,2-6H3. The van der Waals surface area contributed by atoms with Crippen molar-refractivity contribution in [3.63, 3.8) is 0 Å². The first-order valence-corrected chi connectivity index (χ1v) is 12.0. The van der Waals surface area contributed by atoms with Crippen molar-refractivity contribution < 1.29 is 0 Å². The molecule has 3 heteroatoms. The van der Waals surface area contributed by atoms with Crippen LogP contribution in [0.5, 0.6) is 0 Å². The number of allylic oxidation sites excluding steroid dienone is 11. The summed E-state index contributed by atoms with van der Waals surface area (Å²) in [5, 5.41) is 18.4. The highest BCUT2D eigenvalue weighted by Crippen LogP contribution is 2.33. The second-order valence-electron chi connectivity index (χ2n) is 10.1. The summed E-state index contributed by atoms with van der Waals surface area (Å²) in [6.45, 7) is 15.0. The van der Waals surface area contributed by atoms with E-state index in [-0.39, 0.29) is 5.41 Å². The van der Waals surface area contributed by atoms with Gasteiger partial charge in [0, 0.05) is 22.7 Å². The average Bonchev–Trinajstić information content (AvgIpc) is 2.74. The van der Waals surface area contributed by atoms with E-state index in [1.165, 1.54) is 5.57 Å². The Morgan fingerprint density at radius 1 is 1.25 bits per heavy atom. The van der Waals surface area contributed by atoms with E-state index < -0.39 is 0 Å². The Balaban J connectivity index is 2.17. The highest BCUT2D eigenvalue weighted by atomic mass is 35.5. The minimum Gasteiger partial charge on any atom is -0.305 e. The highest BCUT2D eigenvalue weighted by molar-refractivity contribution is 6.29. The van der Waals surface area contributed by atoms with Crippen LogP contribution in [0.25, 0.3) is 0 Å². The summed E-state index contributed by atoms with van der Waals surface area (Å²) in [7, 11) is 0. The van der Waals surface area contributed by atoms with Crippen molar-refractivity contribution in [2.45, 2.75) is 73.1 Å². The van der Waals surface area contributed by atoms with Crippen molar-refractivity contribution in [2.24, 2.45) is 17.3 Å². The summed E-state index contributed by atoms with van der Waals surface area (Å²) in [6, 6.07) is 0. The minimum absolute atomic E-state index is 0.130. The molecule has 0 amide bonds. The molecule has 2 N–H and O–H groups in total. The first kappa shape index (κ1) is 26.1. The van der Waals surface area contributed by atoms with E-state index in [1.54, 1.807) is 0 Å². The molecule has 2 rings (SSSR count). The van der Waals surface area contributed by atoms with Crippen LogP contribution in [-0.4, -0.2) is 11.4 Å². The molecule has 0 bridgehead atoms. The Hall–Kier alpha value is -2.15. The zero-order chi connectivity index (χ0) is 23.9. The Kier molecular flexibility index (Phi) is 9.49. The van der Waals surface area contributed by atoms with E-state index in [2.05, 4.69) is 77.3 Å². The van der Waals surface area contributed by atoms with Crippen LogP contribution in [0, 0.1) is 28.1 Å². The fourth-order valence-corrected chi connectivity index (χ4v) is 4.01. The molecule has 2 nitrogen and oxygen atoms in total. The van der Waals surface area contributed by atoms with Crippen LogP contribution in [-0.2, 0) is 0 Å².